The van der Waals surface area contributed by atoms with Crippen molar-refractivity contribution in [1.29, 1.82) is 0 Å². The van der Waals surface area contributed by atoms with Crippen LogP contribution in [0.2, 0.25) is 0 Å². The van der Waals surface area contributed by atoms with Crippen molar-refractivity contribution in [3.05, 3.63) is 34.4 Å². The molecule has 2 heteroatoms. The summed E-state index contributed by atoms with van der Waals surface area (Å²) in [5, 5.41) is 0. The standard InChI is InChI=1S/C17H28N2/c1-13-11-14(2)16(15(3)12-13)5-6-17(18)7-9-19(4)10-8-17/h11-12H,5-10,18H2,1-4H3. The Hall–Kier alpha value is -0.860. The molecule has 19 heavy (non-hydrogen) atoms. The van der Waals surface area contributed by atoms with Crippen LogP contribution in [-0.4, -0.2) is 30.6 Å². The van der Waals surface area contributed by atoms with E-state index in [1.807, 2.05) is 0 Å². The zero-order valence-electron chi connectivity index (χ0n) is 12.9. The first-order valence-electron chi connectivity index (χ1n) is 7.44. The Kier molecular flexibility index (Phi) is 4.32. The molecule has 0 unspecified atom stereocenters. The highest BCUT2D eigenvalue weighted by molar-refractivity contribution is 5.37. The number of nitrogens with two attached hydrogens (primary N) is 1. The van der Waals surface area contributed by atoms with Crippen molar-refractivity contribution in [3.8, 4) is 0 Å². The van der Waals surface area contributed by atoms with Gasteiger partial charge in [-0.1, -0.05) is 17.7 Å². The molecule has 0 saturated carbocycles. The van der Waals surface area contributed by atoms with Crippen LogP contribution < -0.4 is 5.73 Å². The van der Waals surface area contributed by atoms with Crippen molar-refractivity contribution in [2.75, 3.05) is 20.1 Å². The largest absolute Gasteiger partial charge is 0.325 e. The highest BCUT2D eigenvalue weighted by atomic mass is 15.1. The molecule has 2 N–H and O–H groups in total. The van der Waals surface area contributed by atoms with Crippen molar-refractivity contribution in [2.24, 2.45) is 5.73 Å². The molecular weight excluding hydrogens is 232 g/mol. The fourth-order valence-electron chi connectivity index (χ4n) is 3.29. The second kappa shape index (κ2) is 5.64. The number of rotatable bonds is 3. The first kappa shape index (κ1) is 14.5. The number of aryl methyl sites for hydroxylation is 3. The summed E-state index contributed by atoms with van der Waals surface area (Å²) in [6.07, 6.45) is 4.50. The summed E-state index contributed by atoms with van der Waals surface area (Å²) in [5.74, 6) is 0. The maximum atomic E-state index is 6.57. The minimum absolute atomic E-state index is 0.0519. The zero-order chi connectivity index (χ0) is 14.0. The Bertz CT molecular complexity index is 420. The molecule has 1 aliphatic rings. The number of hydrogen-bond donors (Lipinski definition) is 1. The van der Waals surface area contributed by atoms with E-state index < -0.39 is 0 Å². The van der Waals surface area contributed by atoms with Crippen molar-refractivity contribution in [1.82, 2.24) is 4.90 Å². The third kappa shape index (κ3) is 3.58. The van der Waals surface area contributed by atoms with E-state index in [-0.39, 0.29) is 5.54 Å². The predicted molar refractivity (Wildman–Crippen MR) is 82.6 cm³/mol. The molecule has 1 heterocycles. The van der Waals surface area contributed by atoms with Gasteiger partial charge in [0.1, 0.15) is 0 Å². The van der Waals surface area contributed by atoms with Crippen LogP contribution in [0.15, 0.2) is 12.1 Å². The molecule has 0 aromatic heterocycles. The summed E-state index contributed by atoms with van der Waals surface area (Å²) < 4.78 is 0. The molecule has 0 aliphatic carbocycles. The van der Waals surface area contributed by atoms with Crippen LogP contribution in [0, 0.1) is 20.8 Å². The molecular formula is C17H28N2. The first-order chi connectivity index (χ1) is 8.89. The van der Waals surface area contributed by atoms with E-state index in [0.29, 0.717) is 0 Å². The fraction of sp³-hybridized carbons (Fsp3) is 0.647. The molecule has 1 saturated heterocycles. The molecule has 1 aromatic rings. The Balaban J connectivity index is 2.03. The van der Waals surface area contributed by atoms with E-state index >= 15 is 0 Å². The molecule has 1 aliphatic heterocycles. The minimum Gasteiger partial charge on any atom is -0.325 e. The second-order valence-electron chi connectivity index (χ2n) is 6.54. The van der Waals surface area contributed by atoms with Gasteiger partial charge < -0.3 is 10.6 Å². The monoisotopic (exact) mass is 260 g/mol. The molecule has 0 amide bonds. The van der Waals surface area contributed by atoms with Crippen LogP contribution in [0.3, 0.4) is 0 Å². The average Bonchev–Trinajstić information content (AvgIpc) is 2.32. The zero-order valence-corrected chi connectivity index (χ0v) is 12.9. The number of piperidine rings is 1. The van der Waals surface area contributed by atoms with Crippen molar-refractivity contribution < 1.29 is 0 Å². The topological polar surface area (TPSA) is 29.3 Å². The molecule has 1 fully saturated rings. The van der Waals surface area contributed by atoms with Crippen LogP contribution in [0.4, 0.5) is 0 Å². The van der Waals surface area contributed by atoms with Gasteiger partial charge in [0.05, 0.1) is 0 Å². The molecule has 0 radical (unpaired) electrons. The second-order valence-corrected chi connectivity index (χ2v) is 6.54. The number of hydrogen-bond acceptors (Lipinski definition) is 2. The van der Waals surface area contributed by atoms with Gasteiger partial charge in [0.2, 0.25) is 0 Å². The van der Waals surface area contributed by atoms with Gasteiger partial charge in [-0.25, -0.2) is 0 Å². The molecule has 1 aromatic carbocycles. The SMILES string of the molecule is Cc1cc(C)c(CCC2(N)CCN(C)CC2)c(C)c1. The Labute approximate surface area is 118 Å². The first-order valence-corrected chi connectivity index (χ1v) is 7.44. The van der Waals surface area contributed by atoms with E-state index in [0.717, 1.165) is 38.8 Å². The quantitative estimate of drug-likeness (QED) is 0.905. The summed E-state index contributed by atoms with van der Waals surface area (Å²) in [6.45, 7) is 8.91. The number of benzene rings is 1. The Morgan fingerprint density at radius 3 is 2.16 bits per heavy atom. The van der Waals surface area contributed by atoms with E-state index in [1.165, 1.54) is 22.3 Å². The molecule has 2 nitrogen and oxygen atoms in total. The molecule has 0 spiro atoms. The Morgan fingerprint density at radius 1 is 1.11 bits per heavy atom. The van der Waals surface area contributed by atoms with E-state index in [1.54, 1.807) is 0 Å². The van der Waals surface area contributed by atoms with Gasteiger partial charge in [0.25, 0.3) is 0 Å². The van der Waals surface area contributed by atoms with Gasteiger partial charge in [-0.05, 0) is 83.3 Å². The van der Waals surface area contributed by atoms with Gasteiger partial charge in [0.15, 0.2) is 0 Å². The van der Waals surface area contributed by atoms with Crippen LogP contribution >= 0.6 is 0 Å². The third-order valence-corrected chi connectivity index (χ3v) is 4.70. The van der Waals surface area contributed by atoms with Gasteiger partial charge in [-0.3, -0.25) is 0 Å². The number of likely N-dealkylation sites (tertiary alicyclic amines) is 1. The van der Waals surface area contributed by atoms with Crippen LogP contribution in [0.5, 0.6) is 0 Å². The highest BCUT2D eigenvalue weighted by Gasteiger charge is 2.29. The van der Waals surface area contributed by atoms with E-state index in [2.05, 4.69) is 44.9 Å². The Morgan fingerprint density at radius 2 is 1.63 bits per heavy atom. The summed E-state index contributed by atoms with van der Waals surface area (Å²) in [5.41, 5.74) is 12.3. The van der Waals surface area contributed by atoms with Gasteiger partial charge in [-0.15, -0.1) is 0 Å². The lowest BCUT2D eigenvalue weighted by atomic mass is 9.82. The van der Waals surface area contributed by atoms with Crippen LogP contribution in [-0.2, 0) is 6.42 Å². The maximum Gasteiger partial charge on any atom is 0.0181 e. The van der Waals surface area contributed by atoms with Crippen LogP contribution in [0.1, 0.15) is 41.5 Å². The smallest absolute Gasteiger partial charge is 0.0181 e. The predicted octanol–water partition coefficient (Wildman–Crippen LogP) is 2.97. The fourth-order valence-corrected chi connectivity index (χ4v) is 3.29. The maximum absolute atomic E-state index is 6.57. The lowest BCUT2D eigenvalue weighted by Crippen LogP contribution is -2.49. The van der Waals surface area contributed by atoms with E-state index in [4.69, 9.17) is 5.73 Å². The lowest BCUT2D eigenvalue weighted by Gasteiger charge is -2.38. The summed E-state index contributed by atoms with van der Waals surface area (Å²) in [7, 11) is 2.19. The molecule has 106 valence electrons. The van der Waals surface area contributed by atoms with Crippen molar-refractivity contribution in [3.63, 3.8) is 0 Å². The van der Waals surface area contributed by atoms with Gasteiger partial charge >= 0.3 is 0 Å². The molecule has 0 atom stereocenters. The molecule has 0 bridgehead atoms. The third-order valence-electron chi connectivity index (χ3n) is 4.70. The summed E-state index contributed by atoms with van der Waals surface area (Å²) >= 11 is 0. The van der Waals surface area contributed by atoms with Crippen LogP contribution in [0.25, 0.3) is 0 Å². The number of nitrogens with zero attached hydrogens (tertiary/aromatic N) is 1. The molecule has 2 rings (SSSR count). The van der Waals surface area contributed by atoms with Crippen molar-refractivity contribution in [2.45, 2.75) is 52.0 Å². The highest BCUT2D eigenvalue weighted by Crippen LogP contribution is 2.26. The minimum atomic E-state index is 0.0519. The normalized spacial score (nSPS) is 19.6. The van der Waals surface area contributed by atoms with Crippen molar-refractivity contribution >= 4 is 0 Å². The average molecular weight is 260 g/mol. The van der Waals surface area contributed by atoms with Gasteiger partial charge in [-0.2, -0.15) is 0 Å². The van der Waals surface area contributed by atoms with E-state index in [9.17, 15) is 0 Å². The summed E-state index contributed by atoms with van der Waals surface area (Å²) in [4.78, 5) is 2.38. The van der Waals surface area contributed by atoms with Gasteiger partial charge in [0, 0.05) is 5.54 Å². The lowest BCUT2D eigenvalue weighted by molar-refractivity contribution is 0.182. The summed E-state index contributed by atoms with van der Waals surface area (Å²) in [6, 6.07) is 4.58.